The standard InChI is InChI=1S/C18H28N2O2S/c21-18(7-1-5-17-6-3-13-23-17)20-8-2-4-16(15-20)14-19-9-11-22-12-10-19/h3,6,13,16H,1-2,4-5,7-12,14-15H2. The summed E-state index contributed by atoms with van der Waals surface area (Å²) in [5.41, 5.74) is 0. The van der Waals surface area contributed by atoms with Crippen LogP contribution in [0, 0.1) is 5.92 Å². The van der Waals surface area contributed by atoms with Gasteiger partial charge in [-0.05, 0) is 43.0 Å². The Labute approximate surface area is 143 Å². The van der Waals surface area contributed by atoms with Gasteiger partial charge >= 0.3 is 0 Å². The van der Waals surface area contributed by atoms with E-state index in [1.165, 1.54) is 11.3 Å². The minimum atomic E-state index is 0.355. The lowest BCUT2D eigenvalue weighted by Crippen LogP contribution is -2.46. The van der Waals surface area contributed by atoms with E-state index in [9.17, 15) is 4.79 Å². The van der Waals surface area contributed by atoms with Crippen LogP contribution in [0.15, 0.2) is 17.5 Å². The van der Waals surface area contributed by atoms with Crippen molar-refractivity contribution in [2.75, 3.05) is 45.9 Å². The van der Waals surface area contributed by atoms with Crippen LogP contribution in [0.5, 0.6) is 0 Å². The molecule has 128 valence electrons. The molecule has 0 saturated carbocycles. The van der Waals surface area contributed by atoms with Gasteiger partial charge in [0.15, 0.2) is 0 Å². The van der Waals surface area contributed by atoms with Crippen LogP contribution in [0.4, 0.5) is 0 Å². The van der Waals surface area contributed by atoms with E-state index >= 15 is 0 Å². The highest BCUT2D eigenvalue weighted by Gasteiger charge is 2.25. The number of carbonyl (C=O) groups excluding carboxylic acids is 1. The van der Waals surface area contributed by atoms with Crippen molar-refractivity contribution in [2.45, 2.75) is 32.1 Å². The summed E-state index contributed by atoms with van der Waals surface area (Å²) in [6.45, 7) is 6.85. The van der Waals surface area contributed by atoms with Crippen molar-refractivity contribution >= 4 is 17.2 Å². The third kappa shape index (κ3) is 5.30. The number of aryl methyl sites for hydroxylation is 1. The highest BCUT2D eigenvalue weighted by atomic mass is 32.1. The number of carbonyl (C=O) groups is 1. The lowest BCUT2D eigenvalue weighted by molar-refractivity contribution is -0.133. The molecule has 3 heterocycles. The summed E-state index contributed by atoms with van der Waals surface area (Å²) in [6, 6.07) is 4.25. The fourth-order valence-corrected chi connectivity index (χ4v) is 4.37. The molecule has 1 amide bonds. The second kappa shape index (κ2) is 8.81. The number of hydrogen-bond acceptors (Lipinski definition) is 4. The van der Waals surface area contributed by atoms with Gasteiger partial charge in [0, 0.05) is 44.0 Å². The first-order chi connectivity index (χ1) is 11.3. The Kier molecular flexibility index (Phi) is 6.48. The molecule has 0 N–H and O–H groups in total. The Hall–Kier alpha value is -0.910. The lowest BCUT2D eigenvalue weighted by Gasteiger charge is -2.36. The SMILES string of the molecule is O=C(CCCc1cccs1)N1CCCC(CN2CCOCC2)C1. The molecule has 1 unspecified atom stereocenters. The molecule has 2 saturated heterocycles. The topological polar surface area (TPSA) is 32.8 Å². The Morgan fingerprint density at radius 2 is 2.17 bits per heavy atom. The molecule has 2 fully saturated rings. The number of ether oxygens (including phenoxy) is 1. The molecule has 0 aliphatic carbocycles. The van der Waals surface area contributed by atoms with Crippen molar-refractivity contribution < 1.29 is 9.53 Å². The lowest BCUT2D eigenvalue weighted by atomic mass is 9.96. The van der Waals surface area contributed by atoms with Gasteiger partial charge in [-0.1, -0.05) is 6.07 Å². The smallest absolute Gasteiger partial charge is 0.222 e. The number of piperidine rings is 1. The van der Waals surface area contributed by atoms with Gasteiger partial charge in [-0.3, -0.25) is 9.69 Å². The zero-order valence-corrected chi connectivity index (χ0v) is 14.7. The summed E-state index contributed by atoms with van der Waals surface area (Å²) in [4.78, 5) is 18.5. The summed E-state index contributed by atoms with van der Waals surface area (Å²) >= 11 is 1.79. The maximum absolute atomic E-state index is 12.5. The van der Waals surface area contributed by atoms with E-state index in [2.05, 4.69) is 27.3 Å². The third-order valence-corrected chi connectivity index (χ3v) is 5.82. The van der Waals surface area contributed by atoms with E-state index in [0.717, 1.165) is 65.2 Å². The van der Waals surface area contributed by atoms with Gasteiger partial charge in [-0.25, -0.2) is 0 Å². The van der Waals surface area contributed by atoms with Gasteiger partial charge in [0.25, 0.3) is 0 Å². The van der Waals surface area contributed by atoms with Crippen LogP contribution in [0.2, 0.25) is 0 Å². The first-order valence-corrected chi connectivity index (χ1v) is 9.79. The summed E-state index contributed by atoms with van der Waals surface area (Å²) in [5, 5.41) is 2.11. The Morgan fingerprint density at radius 1 is 1.30 bits per heavy atom. The zero-order valence-electron chi connectivity index (χ0n) is 13.9. The average Bonchev–Trinajstić information content (AvgIpc) is 3.09. The van der Waals surface area contributed by atoms with E-state index < -0.39 is 0 Å². The Balaban J connectivity index is 1.39. The van der Waals surface area contributed by atoms with Crippen LogP contribution in [-0.4, -0.2) is 61.6 Å². The van der Waals surface area contributed by atoms with E-state index in [4.69, 9.17) is 4.74 Å². The number of thiophene rings is 1. The minimum absolute atomic E-state index is 0.355. The van der Waals surface area contributed by atoms with Gasteiger partial charge in [-0.2, -0.15) is 0 Å². The Morgan fingerprint density at radius 3 is 2.96 bits per heavy atom. The van der Waals surface area contributed by atoms with Gasteiger partial charge in [0.05, 0.1) is 13.2 Å². The number of rotatable bonds is 6. The fourth-order valence-electron chi connectivity index (χ4n) is 3.62. The number of likely N-dealkylation sites (tertiary alicyclic amines) is 1. The quantitative estimate of drug-likeness (QED) is 0.801. The van der Waals surface area contributed by atoms with Crippen LogP contribution in [0.1, 0.15) is 30.6 Å². The van der Waals surface area contributed by atoms with E-state index in [-0.39, 0.29) is 0 Å². The van der Waals surface area contributed by atoms with Crippen molar-refractivity contribution in [3.63, 3.8) is 0 Å². The normalized spacial score (nSPS) is 23.1. The van der Waals surface area contributed by atoms with Crippen LogP contribution >= 0.6 is 11.3 Å². The van der Waals surface area contributed by atoms with E-state index in [1.54, 1.807) is 11.3 Å². The molecular formula is C18H28N2O2S. The predicted molar refractivity (Wildman–Crippen MR) is 93.8 cm³/mol. The van der Waals surface area contributed by atoms with Crippen molar-refractivity contribution in [3.05, 3.63) is 22.4 Å². The zero-order chi connectivity index (χ0) is 15.9. The first kappa shape index (κ1) is 16.9. The minimum Gasteiger partial charge on any atom is -0.379 e. The van der Waals surface area contributed by atoms with Gasteiger partial charge in [0.2, 0.25) is 5.91 Å². The summed E-state index contributed by atoms with van der Waals surface area (Å²) < 4.78 is 5.42. The molecule has 1 aromatic heterocycles. The molecular weight excluding hydrogens is 308 g/mol. The van der Waals surface area contributed by atoms with Crippen molar-refractivity contribution in [2.24, 2.45) is 5.92 Å². The van der Waals surface area contributed by atoms with Crippen molar-refractivity contribution in [1.82, 2.24) is 9.80 Å². The molecule has 23 heavy (non-hydrogen) atoms. The number of morpholine rings is 1. The fraction of sp³-hybridized carbons (Fsp3) is 0.722. The maximum Gasteiger partial charge on any atom is 0.222 e. The van der Waals surface area contributed by atoms with Crippen molar-refractivity contribution in [3.8, 4) is 0 Å². The highest BCUT2D eigenvalue weighted by Crippen LogP contribution is 2.20. The molecule has 0 bridgehead atoms. The molecule has 4 nitrogen and oxygen atoms in total. The third-order valence-electron chi connectivity index (χ3n) is 4.89. The highest BCUT2D eigenvalue weighted by molar-refractivity contribution is 7.09. The molecule has 0 spiro atoms. The molecule has 3 rings (SSSR count). The first-order valence-electron chi connectivity index (χ1n) is 8.91. The van der Waals surface area contributed by atoms with Gasteiger partial charge in [-0.15, -0.1) is 11.3 Å². The summed E-state index contributed by atoms with van der Waals surface area (Å²) in [6.07, 6.45) is 5.13. The molecule has 2 aliphatic heterocycles. The summed E-state index contributed by atoms with van der Waals surface area (Å²) in [5.74, 6) is 0.997. The van der Waals surface area contributed by atoms with Crippen LogP contribution < -0.4 is 0 Å². The number of nitrogens with zero attached hydrogens (tertiary/aromatic N) is 2. The second-order valence-electron chi connectivity index (χ2n) is 6.69. The largest absolute Gasteiger partial charge is 0.379 e. The molecule has 2 aliphatic rings. The summed E-state index contributed by atoms with van der Waals surface area (Å²) in [7, 11) is 0. The van der Waals surface area contributed by atoms with Crippen molar-refractivity contribution in [1.29, 1.82) is 0 Å². The molecule has 1 aromatic rings. The second-order valence-corrected chi connectivity index (χ2v) is 7.73. The molecule has 1 atom stereocenters. The number of hydrogen-bond donors (Lipinski definition) is 0. The van der Waals surface area contributed by atoms with E-state index in [0.29, 0.717) is 18.2 Å². The monoisotopic (exact) mass is 336 g/mol. The molecule has 5 heteroatoms. The Bertz CT molecular complexity index is 471. The molecule has 0 radical (unpaired) electrons. The molecule has 0 aromatic carbocycles. The van der Waals surface area contributed by atoms with Gasteiger partial charge in [0.1, 0.15) is 0 Å². The predicted octanol–water partition coefficient (Wildman–Crippen LogP) is 2.64. The van der Waals surface area contributed by atoms with Crippen LogP contribution in [0.3, 0.4) is 0 Å². The van der Waals surface area contributed by atoms with Crippen LogP contribution in [-0.2, 0) is 16.0 Å². The van der Waals surface area contributed by atoms with Crippen LogP contribution in [0.25, 0.3) is 0 Å². The van der Waals surface area contributed by atoms with Gasteiger partial charge < -0.3 is 9.64 Å². The average molecular weight is 337 g/mol. The van der Waals surface area contributed by atoms with E-state index in [1.807, 2.05) is 0 Å². The number of amides is 1. The maximum atomic E-state index is 12.5.